The molecule has 1 nitrogen and oxygen atoms in total. The van der Waals surface area contributed by atoms with Gasteiger partial charge in [0, 0.05) is 6.04 Å². The highest BCUT2D eigenvalue weighted by Gasteiger charge is 2.03. The highest BCUT2D eigenvalue weighted by Crippen LogP contribution is 2.11. The average molecular weight is 169 g/mol. The van der Waals surface area contributed by atoms with Gasteiger partial charge in [0.1, 0.15) is 0 Å². The summed E-state index contributed by atoms with van der Waals surface area (Å²) in [5.74, 6) is 0.722. The van der Waals surface area contributed by atoms with Crippen LogP contribution >= 0.6 is 0 Å². The molecule has 0 fully saturated rings. The lowest BCUT2D eigenvalue weighted by molar-refractivity contribution is 0.472. The molecule has 0 bridgehead atoms. The largest absolute Gasteiger partial charge is 0.314 e. The Hall–Kier alpha value is -0.300. The van der Waals surface area contributed by atoms with Crippen molar-refractivity contribution in [3.63, 3.8) is 0 Å². The zero-order valence-electron chi connectivity index (χ0n) is 8.98. The molecule has 0 radical (unpaired) electrons. The quantitative estimate of drug-likeness (QED) is 0.603. The average Bonchev–Trinajstić information content (AvgIpc) is 2.00. The lowest BCUT2D eigenvalue weighted by Crippen LogP contribution is -2.27. The van der Waals surface area contributed by atoms with Crippen LogP contribution in [0.3, 0.4) is 0 Å². The summed E-state index contributed by atoms with van der Waals surface area (Å²) in [5, 5.41) is 3.43. The second kappa shape index (κ2) is 6.24. The predicted molar refractivity (Wildman–Crippen MR) is 56.4 cm³/mol. The second-order valence-electron chi connectivity index (χ2n) is 3.98. The fraction of sp³-hybridized carbons (Fsp3) is 0.818. The Bertz CT molecular complexity index is 127. The van der Waals surface area contributed by atoms with Gasteiger partial charge in [-0.2, -0.15) is 0 Å². The molecule has 0 spiro atoms. The first-order chi connectivity index (χ1) is 5.56. The summed E-state index contributed by atoms with van der Waals surface area (Å²) in [6.07, 6.45) is 2.28. The van der Waals surface area contributed by atoms with Crippen molar-refractivity contribution < 1.29 is 0 Å². The number of allylic oxidation sites excluding steroid dienone is 1. The van der Waals surface area contributed by atoms with Crippen LogP contribution in [0.25, 0.3) is 0 Å². The summed E-state index contributed by atoms with van der Waals surface area (Å²) in [6.45, 7) is 13.9. The molecule has 0 aromatic rings. The molecule has 0 saturated heterocycles. The Balaban J connectivity index is 3.45. The van der Waals surface area contributed by atoms with Gasteiger partial charge in [-0.05, 0) is 25.3 Å². The van der Waals surface area contributed by atoms with E-state index in [4.69, 9.17) is 0 Å². The molecule has 0 aromatic heterocycles. The minimum Gasteiger partial charge on any atom is -0.314 e. The Morgan fingerprint density at radius 1 is 1.33 bits per heavy atom. The van der Waals surface area contributed by atoms with E-state index in [0.717, 1.165) is 25.3 Å². The van der Waals surface area contributed by atoms with E-state index in [-0.39, 0.29) is 0 Å². The van der Waals surface area contributed by atoms with Crippen molar-refractivity contribution in [2.45, 2.75) is 46.6 Å². The normalized spacial score (nSPS) is 13.4. The Morgan fingerprint density at radius 2 is 1.92 bits per heavy atom. The molecular formula is C11H23N. The second-order valence-corrected chi connectivity index (χ2v) is 3.98. The minimum absolute atomic E-state index is 0.599. The highest BCUT2D eigenvalue weighted by molar-refractivity contribution is 4.93. The monoisotopic (exact) mass is 169 g/mol. The predicted octanol–water partition coefficient (Wildman–Crippen LogP) is 2.98. The van der Waals surface area contributed by atoms with Gasteiger partial charge in [0.25, 0.3) is 0 Å². The van der Waals surface area contributed by atoms with Crippen LogP contribution in [-0.2, 0) is 0 Å². The van der Waals surface area contributed by atoms with Gasteiger partial charge in [0.2, 0.25) is 0 Å². The molecule has 0 aliphatic rings. The van der Waals surface area contributed by atoms with Gasteiger partial charge in [-0.15, -0.1) is 0 Å². The van der Waals surface area contributed by atoms with E-state index >= 15 is 0 Å². The molecule has 1 unspecified atom stereocenters. The van der Waals surface area contributed by atoms with Crippen molar-refractivity contribution in [2.24, 2.45) is 5.92 Å². The molecule has 0 rings (SSSR count). The van der Waals surface area contributed by atoms with E-state index < -0.39 is 0 Å². The van der Waals surface area contributed by atoms with Gasteiger partial charge in [-0.25, -0.2) is 0 Å². The van der Waals surface area contributed by atoms with Gasteiger partial charge in [-0.3, -0.25) is 0 Å². The summed E-state index contributed by atoms with van der Waals surface area (Å²) >= 11 is 0. The third kappa shape index (κ3) is 6.41. The maximum Gasteiger partial charge on any atom is 0.00104 e. The van der Waals surface area contributed by atoms with Crippen LogP contribution in [0, 0.1) is 5.92 Å². The van der Waals surface area contributed by atoms with Crippen LogP contribution < -0.4 is 5.32 Å². The van der Waals surface area contributed by atoms with Crippen molar-refractivity contribution in [3.05, 3.63) is 12.2 Å². The summed E-state index contributed by atoms with van der Waals surface area (Å²) < 4.78 is 0. The molecule has 72 valence electrons. The van der Waals surface area contributed by atoms with E-state index in [1.807, 2.05) is 0 Å². The summed E-state index contributed by atoms with van der Waals surface area (Å²) in [6, 6.07) is 0.599. The third-order valence-electron chi connectivity index (χ3n) is 2.01. The highest BCUT2D eigenvalue weighted by atomic mass is 14.9. The van der Waals surface area contributed by atoms with Crippen molar-refractivity contribution in [3.8, 4) is 0 Å². The smallest absolute Gasteiger partial charge is 0.00104 e. The van der Waals surface area contributed by atoms with Gasteiger partial charge in [0.15, 0.2) is 0 Å². The summed E-state index contributed by atoms with van der Waals surface area (Å²) in [4.78, 5) is 0. The lowest BCUT2D eigenvalue weighted by Gasteiger charge is -2.15. The fourth-order valence-corrected chi connectivity index (χ4v) is 1.15. The van der Waals surface area contributed by atoms with E-state index in [1.165, 1.54) is 5.57 Å². The lowest BCUT2D eigenvalue weighted by atomic mass is 10.0. The van der Waals surface area contributed by atoms with Gasteiger partial charge in [-0.1, -0.05) is 39.8 Å². The van der Waals surface area contributed by atoms with Crippen LogP contribution in [0.2, 0.25) is 0 Å². The molecule has 1 atom stereocenters. The van der Waals surface area contributed by atoms with Crippen molar-refractivity contribution in [1.29, 1.82) is 0 Å². The topological polar surface area (TPSA) is 12.0 Å². The van der Waals surface area contributed by atoms with Gasteiger partial charge in [0.05, 0.1) is 0 Å². The first-order valence-corrected chi connectivity index (χ1v) is 4.96. The summed E-state index contributed by atoms with van der Waals surface area (Å²) in [5.41, 5.74) is 1.37. The zero-order chi connectivity index (χ0) is 9.56. The van der Waals surface area contributed by atoms with E-state index in [0.29, 0.717) is 6.04 Å². The molecule has 0 saturated carbocycles. The molecular weight excluding hydrogens is 146 g/mol. The number of hydrogen-bond acceptors (Lipinski definition) is 1. The van der Waals surface area contributed by atoms with Crippen molar-refractivity contribution >= 4 is 0 Å². The SMILES string of the molecule is C=C(CC)CC(C)CNC(C)C. The van der Waals surface area contributed by atoms with Gasteiger partial charge < -0.3 is 5.32 Å². The fourth-order valence-electron chi connectivity index (χ4n) is 1.15. The zero-order valence-corrected chi connectivity index (χ0v) is 8.98. The van der Waals surface area contributed by atoms with Gasteiger partial charge >= 0.3 is 0 Å². The van der Waals surface area contributed by atoms with E-state index in [2.05, 4.69) is 39.6 Å². The van der Waals surface area contributed by atoms with Crippen molar-refractivity contribution in [1.82, 2.24) is 5.32 Å². The molecule has 1 heteroatoms. The van der Waals surface area contributed by atoms with E-state index in [1.54, 1.807) is 0 Å². The van der Waals surface area contributed by atoms with E-state index in [9.17, 15) is 0 Å². The molecule has 0 heterocycles. The Labute approximate surface area is 77.2 Å². The minimum atomic E-state index is 0.599. The van der Waals surface area contributed by atoms with Crippen molar-refractivity contribution in [2.75, 3.05) is 6.54 Å². The molecule has 1 N–H and O–H groups in total. The maximum atomic E-state index is 4.01. The van der Waals surface area contributed by atoms with Crippen LogP contribution in [0.5, 0.6) is 0 Å². The molecule has 12 heavy (non-hydrogen) atoms. The third-order valence-corrected chi connectivity index (χ3v) is 2.01. The Kier molecular flexibility index (Phi) is 6.09. The number of rotatable bonds is 6. The first kappa shape index (κ1) is 11.7. The van der Waals surface area contributed by atoms with Crippen LogP contribution in [0.15, 0.2) is 12.2 Å². The maximum absolute atomic E-state index is 4.01. The number of hydrogen-bond donors (Lipinski definition) is 1. The molecule has 0 aliphatic carbocycles. The standard InChI is InChI=1S/C11H23N/c1-6-10(4)7-11(5)8-12-9(2)3/h9,11-12H,4,6-8H2,1-3,5H3. The molecule has 0 aliphatic heterocycles. The first-order valence-electron chi connectivity index (χ1n) is 4.96. The van der Waals surface area contributed by atoms with Crippen LogP contribution in [0.4, 0.5) is 0 Å². The number of nitrogens with one attached hydrogen (secondary N) is 1. The molecule has 0 aromatic carbocycles. The summed E-state index contributed by atoms with van der Waals surface area (Å²) in [7, 11) is 0. The van der Waals surface area contributed by atoms with Crippen LogP contribution in [0.1, 0.15) is 40.5 Å². The molecule has 0 amide bonds. The Morgan fingerprint density at radius 3 is 2.33 bits per heavy atom. The van der Waals surface area contributed by atoms with Crippen LogP contribution in [-0.4, -0.2) is 12.6 Å².